The van der Waals surface area contributed by atoms with Crippen molar-refractivity contribution in [3.8, 4) is 5.69 Å². The van der Waals surface area contributed by atoms with Crippen molar-refractivity contribution >= 4 is 39.2 Å². The standard InChI is InChI=1S/C24H25BrN4O2S/c1-4-31-21(30)14-28-23(22(27-24(28)32)20-7-5-6-12-26-20)19-13-15(2)29(16(19)3)18-10-8-17(25)9-11-18/h5-13,22-23H,4,14H2,1-3H3,(H,27,32)/t22-,23-/m1/s1. The van der Waals surface area contributed by atoms with Gasteiger partial charge in [-0.2, -0.15) is 0 Å². The highest BCUT2D eigenvalue weighted by molar-refractivity contribution is 9.10. The van der Waals surface area contributed by atoms with Crippen LogP contribution in [0.1, 0.15) is 41.7 Å². The van der Waals surface area contributed by atoms with Crippen molar-refractivity contribution in [3.05, 3.63) is 81.8 Å². The number of rotatable bonds is 6. The van der Waals surface area contributed by atoms with E-state index in [1.54, 1.807) is 13.1 Å². The van der Waals surface area contributed by atoms with Gasteiger partial charge in [0, 0.05) is 27.7 Å². The van der Waals surface area contributed by atoms with Crippen molar-refractivity contribution in [2.24, 2.45) is 0 Å². The maximum absolute atomic E-state index is 12.4. The first-order valence-electron chi connectivity index (χ1n) is 10.5. The van der Waals surface area contributed by atoms with Crippen LogP contribution in [0, 0.1) is 13.8 Å². The Morgan fingerprint density at radius 3 is 2.62 bits per heavy atom. The first-order chi connectivity index (χ1) is 15.4. The van der Waals surface area contributed by atoms with Crippen molar-refractivity contribution in [2.75, 3.05) is 13.2 Å². The Bertz CT molecular complexity index is 1130. The number of nitrogens with one attached hydrogen (secondary N) is 1. The van der Waals surface area contributed by atoms with Crippen molar-refractivity contribution in [2.45, 2.75) is 32.9 Å². The molecular weight excluding hydrogens is 488 g/mol. The molecule has 1 N–H and O–H groups in total. The van der Waals surface area contributed by atoms with Gasteiger partial charge in [0.15, 0.2) is 5.11 Å². The molecule has 32 heavy (non-hydrogen) atoms. The highest BCUT2D eigenvalue weighted by Crippen LogP contribution is 2.41. The first-order valence-corrected chi connectivity index (χ1v) is 11.7. The van der Waals surface area contributed by atoms with Crippen molar-refractivity contribution in [1.29, 1.82) is 0 Å². The van der Waals surface area contributed by atoms with Crippen LogP contribution in [0.3, 0.4) is 0 Å². The summed E-state index contributed by atoms with van der Waals surface area (Å²) in [7, 11) is 0. The van der Waals surface area contributed by atoms with Crippen molar-refractivity contribution < 1.29 is 9.53 Å². The van der Waals surface area contributed by atoms with Crippen LogP contribution in [-0.4, -0.2) is 38.7 Å². The number of hydrogen-bond donors (Lipinski definition) is 1. The van der Waals surface area contributed by atoms with Crippen LogP contribution in [0.5, 0.6) is 0 Å². The highest BCUT2D eigenvalue weighted by atomic mass is 79.9. The molecule has 1 aromatic carbocycles. The van der Waals surface area contributed by atoms with Gasteiger partial charge in [0.05, 0.1) is 24.4 Å². The molecule has 3 heterocycles. The zero-order valence-corrected chi connectivity index (χ0v) is 20.6. The fourth-order valence-electron chi connectivity index (χ4n) is 4.33. The topological polar surface area (TPSA) is 59.4 Å². The van der Waals surface area contributed by atoms with Crippen molar-refractivity contribution in [1.82, 2.24) is 19.8 Å². The van der Waals surface area contributed by atoms with E-state index < -0.39 is 0 Å². The van der Waals surface area contributed by atoms with Crippen LogP contribution in [0.2, 0.25) is 0 Å². The summed E-state index contributed by atoms with van der Waals surface area (Å²) in [4.78, 5) is 18.9. The lowest BCUT2D eigenvalue weighted by Crippen LogP contribution is -2.35. The minimum Gasteiger partial charge on any atom is -0.465 e. The number of esters is 1. The molecule has 0 amide bonds. The van der Waals surface area contributed by atoms with Gasteiger partial charge < -0.3 is 19.5 Å². The van der Waals surface area contributed by atoms with Crippen LogP contribution in [-0.2, 0) is 9.53 Å². The lowest BCUT2D eigenvalue weighted by molar-refractivity contribution is -0.143. The van der Waals surface area contributed by atoms with Gasteiger partial charge in [-0.25, -0.2) is 0 Å². The fourth-order valence-corrected chi connectivity index (χ4v) is 4.90. The molecule has 0 spiro atoms. The molecule has 6 nitrogen and oxygen atoms in total. The molecule has 2 atom stereocenters. The molecule has 0 aliphatic carbocycles. The third kappa shape index (κ3) is 4.29. The highest BCUT2D eigenvalue weighted by Gasteiger charge is 2.42. The normalized spacial score (nSPS) is 18.0. The monoisotopic (exact) mass is 512 g/mol. The molecule has 0 unspecified atom stereocenters. The summed E-state index contributed by atoms with van der Waals surface area (Å²) in [6.45, 7) is 6.40. The van der Waals surface area contributed by atoms with Crippen LogP contribution < -0.4 is 5.32 Å². The summed E-state index contributed by atoms with van der Waals surface area (Å²) in [5, 5.41) is 3.91. The largest absolute Gasteiger partial charge is 0.465 e. The molecular formula is C24H25BrN4O2S. The molecule has 1 aliphatic heterocycles. The Hall–Kier alpha value is -2.71. The molecule has 1 saturated heterocycles. The van der Waals surface area contributed by atoms with Gasteiger partial charge >= 0.3 is 5.97 Å². The Kier molecular flexibility index (Phi) is 6.62. The minimum absolute atomic E-state index is 0.0790. The van der Waals surface area contributed by atoms with Gasteiger partial charge in [-0.15, -0.1) is 0 Å². The van der Waals surface area contributed by atoms with E-state index in [4.69, 9.17) is 17.0 Å². The van der Waals surface area contributed by atoms with Crippen molar-refractivity contribution in [3.63, 3.8) is 0 Å². The SMILES string of the molecule is CCOC(=O)CN1C(=S)N[C@H](c2ccccn2)[C@H]1c1cc(C)n(-c2ccc(Br)cc2)c1C. The van der Waals surface area contributed by atoms with Crippen LogP contribution >= 0.6 is 28.1 Å². The first kappa shape index (κ1) is 22.5. The molecule has 3 aromatic rings. The third-order valence-corrected chi connectivity index (χ3v) is 6.56. The molecule has 0 radical (unpaired) electrons. The van der Waals surface area contributed by atoms with E-state index >= 15 is 0 Å². The second-order valence-corrected chi connectivity index (χ2v) is 9.00. The Balaban J connectivity index is 1.80. The summed E-state index contributed by atoms with van der Waals surface area (Å²) in [5.74, 6) is -0.301. The fraction of sp³-hybridized carbons (Fsp3) is 0.292. The third-order valence-electron chi connectivity index (χ3n) is 5.68. The Morgan fingerprint density at radius 2 is 1.97 bits per heavy atom. The number of hydrogen-bond acceptors (Lipinski definition) is 4. The van der Waals surface area contributed by atoms with Crippen LogP contribution in [0.25, 0.3) is 5.69 Å². The predicted octanol–water partition coefficient (Wildman–Crippen LogP) is 4.79. The van der Waals surface area contributed by atoms with Gasteiger partial charge in [0.25, 0.3) is 0 Å². The number of carbonyl (C=O) groups excluding carboxylic acids is 1. The number of carbonyl (C=O) groups is 1. The lowest BCUT2D eigenvalue weighted by atomic mass is 9.97. The molecule has 1 aliphatic rings. The number of ether oxygens (including phenoxy) is 1. The number of benzene rings is 1. The molecule has 166 valence electrons. The van der Waals surface area contributed by atoms with Crippen LogP contribution in [0.4, 0.5) is 0 Å². The van der Waals surface area contributed by atoms with E-state index in [0.717, 1.165) is 32.8 Å². The smallest absolute Gasteiger partial charge is 0.325 e. The average molecular weight is 513 g/mol. The second-order valence-electron chi connectivity index (χ2n) is 7.70. The van der Waals surface area contributed by atoms with Gasteiger partial charge in [-0.3, -0.25) is 9.78 Å². The van der Waals surface area contributed by atoms with Gasteiger partial charge in [0.1, 0.15) is 6.54 Å². The second kappa shape index (κ2) is 9.42. The average Bonchev–Trinajstić information content (AvgIpc) is 3.25. The molecule has 0 bridgehead atoms. The summed E-state index contributed by atoms with van der Waals surface area (Å²) in [5.41, 5.74) is 5.25. The number of thiocarbonyl (C=S) groups is 1. The Labute approximate surface area is 201 Å². The quantitative estimate of drug-likeness (QED) is 0.378. The number of aromatic nitrogens is 2. The van der Waals surface area contributed by atoms with E-state index in [0.29, 0.717) is 11.7 Å². The van der Waals surface area contributed by atoms with Gasteiger partial charge in [-0.05, 0) is 81.0 Å². The number of aryl methyl sites for hydroxylation is 1. The summed E-state index contributed by atoms with van der Waals surface area (Å²) in [6.07, 6.45) is 1.77. The Morgan fingerprint density at radius 1 is 1.22 bits per heavy atom. The molecule has 4 rings (SSSR count). The molecule has 1 fully saturated rings. The van der Waals surface area contributed by atoms with Gasteiger partial charge in [0.2, 0.25) is 0 Å². The molecule has 8 heteroatoms. The zero-order valence-electron chi connectivity index (χ0n) is 18.2. The van der Waals surface area contributed by atoms with Crippen LogP contribution in [0.15, 0.2) is 59.2 Å². The lowest BCUT2D eigenvalue weighted by Gasteiger charge is -2.27. The van der Waals surface area contributed by atoms with E-state index in [-0.39, 0.29) is 24.6 Å². The van der Waals surface area contributed by atoms with E-state index in [9.17, 15) is 4.79 Å². The van der Waals surface area contributed by atoms with Gasteiger partial charge in [-0.1, -0.05) is 22.0 Å². The summed E-state index contributed by atoms with van der Waals surface area (Å²) < 4.78 is 8.48. The predicted molar refractivity (Wildman–Crippen MR) is 132 cm³/mol. The van der Waals surface area contributed by atoms with E-state index in [1.807, 2.05) is 35.2 Å². The maximum Gasteiger partial charge on any atom is 0.325 e. The molecule has 2 aromatic heterocycles. The number of nitrogens with zero attached hydrogens (tertiary/aromatic N) is 3. The number of halogens is 1. The zero-order chi connectivity index (χ0) is 22.8. The summed E-state index contributed by atoms with van der Waals surface area (Å²) >= 11 is 9.16. The molecule has 0 saturated carbocycles. The van der Waals surface area contributed by atoms with E-state index in [1.165, 1.54) is 0 Å². The summed E-state index contributed by atoms with van der Waals surface area (Å²) in [6, 6.07) is 15.9. The minimum atomic E-state index is -0.301. The maximum atomic E-state index is 12.4. The number of pyridine rings is 1. The van der Waals surface area contributed by atoms with E-state index in [2.05, 4.69) is 62.8 Å².